The molecule has 0 bridgehead atoms. The summed E-state index contributed by atoms with van der Waals surface area (Å²) in [6, 6.07) is 9.50. The Labute approximate surface area is 219 Å². The number of carbonyl (C=O) groups excluding carboxylic acids is 3. The summed E-state index contributed by atoms with van der Waals surface area (Å²) in [7, 11) is 1.22. The average Bonchev–Trinajstić information content (AvgIpc) is 3.25. The minimum atomic E-state index is -0.745. The Bertz CT molecular complexity index is 1310. The lowest BCUT2D eigenvalue weighted by atomic mass is 10.0. The number of carbonyl (C=O) groups is 3. The molecular weight excluding hydrogens is 494 g/mol. The van der Waals surface area contributed by atoms with Crippen LogP contribution >= 0.6 is 11.3 Å². The maximum absolute atomic E-state index is 12.9. The van der Waals surface area contributed by atoms with Crippen molar-refractivity contribution < 1.29 is 19.1 Å². The van der Waals surface area contributed by atoms with E-state index < -0.39 is 12.0 Å². The number of amides is 3. The van der Waals surface area contributed by atoms with Gasteiger partial charge in [0.05, 0.1) is 23.9 Å². The predicted octanol–water partition coefficient (Wildman–Crippen LogP) is 3.57. The normalized spacial score (nSPS) is 10.8. The van der Waals surface area contributed by atoms with Crippen LogP contribution in [0.4, 0.5) is 10.5 Å². The lowest BCUT2D eigenvalue weighted by Gasteiger charge is -2.08. The number of allylic oxidation sites excluding steroid dienone is 1. The summed E-state index contributed by atoms with van der Waals surface area (Å²) in [5.74, 6) is -0.206. The Balaban J connectivity index is 0.000000877. The molecule has 2 heterocycles. The number of pyridine rings is 1. The Hall–Kier alpha value is -3.99. The van der Waals surface area contributed by atoms with Gasteiger partial charge in [-0.2, -0.15) is 0 Å². The van der Waals surface area contributed by atoms with Crippen LogP contribution in [0.25, 0.3) is 10.2 Å². The van der Waals surface area contributed by atoms with Gasteiger partial charge in [0, 0.05) is 12.6 Å². The topological polar surface area (TPSA) is 159 Å². The van der Waals surface area contributed by atoms with E-state index in [1.165, 1.54) is 23.4 Å². The Morgan fingerprint density at radius 3 is 2.57 bits per heavy atom. The highest BCUT2D eigenvalue weighted by atomic mass is 32.1. The van der Waals surface area contributed by atoms with Gasteiger partial charge < -0.3 is 26.1 Å². The van der Waals surface area contributed by atoms with Crippen LogP contribution in [-0.4, -0.2) is 34.6 Å². The van der Waals surface area contributed by atoms with Crippen molar-refractivity contribution in [3.8, 4) is 0 Å². The summed E-state index contributed by atoms with van der Waals surface area (Å²) < 4.78 is 6.62. The number of nitrogens with one attached hydrogen (secondary N) is 1. The maximum Gasteiger partial charge on any atom is 0.404 e. The number of methoxy groups -OCH3 is 1. The molecule has 0 aliphatic carbocycles. The molecule has 0 saturated carbocycles. The summed E-state index contributed by atoms with van der Waals surface area (Å²) in [4.78, 5) is 49.8. The van der Waals surface area contributed by atoms with Gasteiger partial charge in [-0.05, 0) is 55.0 Å². The molecule has 37 heavy (non-hydrogen) atoms. The SMILES string of the molecule is CC(C)Cc1cccc2nc(Cn3cccc(NC(=O)CCC/C=C/C(N)=O)c3=O)sc12.COC(N)=O. The molecule has 2 aromatic heterocycles. The lowest BCUT2D eigenvalue weighted by Crippen LogP contribution is -2.25. The van der Waals surface area contributed by atoms with Crippen LogP contribution in [0.15, 0.2) is 53.5 Å². The average molecular weight is 528 g/mol. The lowest BCUT2D eigenvalue weighted by molar-refractivity contribution is -0.116. The number of nitrogens with two attached hydrogens (primary N) is 2. The van der Waals surface area contributed by atoms with Crippen molar-refractivity contribution in [2.75, 3.05) is 12.4 Å². The van der Waals surface area contributed by atoms with Gasteiger partial charge in [-0.1, -0.05) is 32.1 Å². The second kappa shape index (κ2) is 14.5. The van der Waals surface area contributed by atoms with Gasteiger partial charge >= 0.3 is 6.09 Å². The Kier molecular flexibility index (Phi) is 11.5. The van der Waals surface area contributed by atoms with Crippen molar-refractivity contribution in [3.63, 3.8) is 0 Å². The molecule has 0 aliphatic rings. The fourth-order valence-corrected chi connectivity index (χ4v) is 4.50. The van der Waals surface area contributed by atoms with E-state index in [0.717, 1.165) is 16.9 Å². The quantitative estimate of drug-likeness (QED) is 0.270. The summed E-state index contributed by atoms with van der Waals surface area (Å²) in [5, 5.41) is 3.54. The number of aromatic nitrogens is 2. The van der Waals surface area contributed by atoms with Gasteiger partial charge in [-0.15, -0.1) is 11.3 Å². The van der Waals surface area contributed by atoms with E-state index in [1.54, 1.807) is 40.3 Å². The molecule has 3 amide bonds. The number of anilines is 1. The van der Waals surface area contributed by atoms with Crippen molar-refractivity contribution in [2.24, 2.45) is 17.4 Å². The molecule has 0 radical (unpaired) electrons. The van der Waals surface area contributed by atoms with Gasteiger partial charge in [0.25, 0.3) is 5.56 Å². The van der Waals surface area contributed by atoms with Gasteiger partial charge in [0.15, 0.2) is 0 Å². The van der Waals surface area contributed by atoms with E-state index in [-0.39, 0.29) is 23.6 Å². The predicted molar refractivity (Wildman–Crippen MR) is 145 cm³/mol. The van der Waals surface area contributed by atoms with Gasteiger partial charge in [0.2, 0.25) is 11.8 Å². The number of fused-ring (bicyclic) bond motifs is 1. The summed E-state index contributed by atoms with van der Waals surface area (Å²) in [6.45, 7) is 4.73. The highest BCUT2D eigenvalue weighted by Gasteiger charge is 2.12. The number of ether oxygens (including phenoxy) is 1. The van der Waals surface area contributed by atoms with Gasteiger partial charge in [-0.3, -0.25) is 14.4 Å². The van der Waals surface area contributed by atoms with Crippen LogP contribution < -0.4 is 22.3 Å². The van der Waals surface area contributed by atoms with E-state index >= 15 is 0 Å². The fourth-order valence-electron chi connectivity index (χ4n) is 3.42. The van der Waals surface area contributed by atoms with E-state index in [0.29, 0.717) is 25.3 Å². The number of nitrogens with zero attached hydrogens (tertiary/aromatic N) is 2. The standard InChI is InChI=1S/C24H28N4O3S.C2H5NO2/c1-16(2)14-17-8-6-9-18-23(17)32-22(27-18)15-28-13-7-10-19(24(28)31)26-21(30)12-5-3-4-11-20(25)29;1-5-2(3)4/h4,6-11,13,16H,3,5,12,14-15H2,1-2H3,(H2,25,29)(H,26,30);1H3,(H2,3,4)/b11-4+;. The zero-order chi connectivity index (χ0) is 27.4. The highest BCUT2D eigenvalue weighted by molar-refractivity contribution is 7.18. The van der Waals surface area contributed by atoms with Crippen molar-refractivity contribution >= 4 is 45.1 Å². The minimum Gasteiger partial charge on any atom is -0.453 e. The summed E-state index contributed by atoms with van der Waals surface area (Å²) in [5.41, 5.74) is 11.7. The van der Waals surface area contributed by atoms with E-state index in [2.05, 4.69) is 35.7 Å². The molecule has 11 heteroatoms. The van der Waals surface area contributed by atoms with Crippen LogP contribution in [0.1, 0.15) is 43.7 Å². The smallest absolute Gasteiger partial charge is 0.404 e. The summed E-state index contributed by atoms with van der Waals surface area (Å²) >= 11 is 1.61. The van der Waals surface area contributed by atoms with Crippen LogP contribution in [0.5, 0.6) is 0 Å². The Morgan fingerprint density at radius 2 is 1.92 bits per heavy atom. The summed E-state index contributed by atoms with van der Waals surface area (Å²) in [6.07, 6.45) is 6.22. The Morgan fingerprint density at radius 1 is 1.19 bits per heavy atom. The minimum absolute atomic E-state index is 0.242. The number of rotatable bonds is 10. The third-order valence-corrected chi connectivity index (χ3v) is 6.16. The molecule has 1 aromatic carbocycles. The number of primary amides is 2. The first-order valence-electron chi connectivity index (χ1n) is 11.8. The van der Waals surface area contributed by atoms with E-state index in [1.807, 2.05) is 12.1 Å². The molecule has 198 valence electrons. The van der Waals surface area contributed by atoms with Crippen LogP contribution in [0.3, 0.4) is 0 Å². The molecule has 3 rings (SSSR count). The molecule has 10 nitrogen and oxygen atoms in total. The highest BCUT2D eigenvalue weighted by Crippen LogP contribution is 2.28. The maximum atomic E-state index is 12.9. The molecule has 0 aliphatic heterocycles. The van der Waals surface area contributed by atoms with E-state index in [4.69, 9.17) is 10.7 Å². The zero-order valence-electron chi connectivity index (χ0n) is 21.2. The van der Waals surface area contributed by atoms with Crippen molar-refractivity contribution in [1.29, 1.82) is 0 Å². The molecule has 3 aromatic rings. The number of unbranched alkanes of at least 4 members (excludes halogenated alkanes) is 1. The molecule has 0 unspecified atom stereocenters. The number of hydrogen-bond donors (Lipinski definition) is 3. The van der Waals surface area contributed by atoms with Crippen LogP contribution in [-0.2, 0) is 27.3 Å². The van der Waals surface area contributed by atoms with E-state index in [9.17, 15) is 19.2 Å². The van der Waals surface area contributed by atoms with Gasteiger partial charge in [0.1, 0.15) is 10.7 Å². The second-order valence-electron chi connectivity index (χ2n) is 8.59. The zero-order valence-corrected chi connectivity index (χ0v) is 22.0. The molecular formula is C26H33N5O5S. The van der Waals surface area contributed by atoms with Crippen LogP contribution in [0, 0.1) is 5.92 Å². The molecule has 0 atom stereocenters. The van der Waals surface area contributed by atoms with Crippen molar-refractivity contribution in [3.05, 3.63) is 69.6 Å². The molecule has 0 spiro atoms. The largest absolute Gasteiger partial charge is 0.453 e. The van der Waals surface area contributed by atoms with Crippen molar-refractivity contribution in [2.45, 2.75) is 46.1 Å². The third kappa shape index (κ3) is 9.88. The molecule has 5 N–H and O–H groups in total. The third-order valence-electron chi connectivity index (χ3n) is 5.03. The molecule has 0 fully saturated rings. The monoisotopic (exact) mass is 527 g/mol. The number of hydrogen-bond acceptors (Lipinski definition) is 7. The molecule has 0 saturated heterocycles. The second-order valence-corrected chi connectivity index (χ2v) is 9.68. The van der Waals surface area contributed by atoms with Crippen LogP contribution in [0.2, 0.25) is 0 Å². The first kappa shape index (κ1) is 29.2. The number of benzene rings is 1. The first-order chi connectivity index (χ1) is 17.6. The first-order valence-corrected chi connectivity index (χ1v) is 12.6. The van der Waals surface area contributed by atoms with Gasteiger partial charge in [-0.25, -0.2) is 9.78 Å². The number of thiazole rings is 1. The fraction of sp³-hybridized carbons (Fsp3) is 0.346. The van der Waals surface area contributed by atoms with Crippen molar-refractivity contribution in [1.82, 2.24) is 9.55 Å².